The van der Waals surface area contributed by atoms with Gasteiger partial charge in [-0.3, -0.25) is 0 Å². The summed E-state index contributed by atoms with van der Waals surface area (Å²) in [6.45, 7) is 3.92. The Morgan fingerprint density at radius 3 is 2.64 bits per heavy atom. The van der Waals surface area contributed by atoms with Crippen molar-refractivity contribution < 1.29 is 9.84 Å². The molecule has 0 saturated heterocycles. The van der Waals surface area contributed by atoms with E-state index >= 15 is 0 Å². The summed E-state index contributed by atoms with van der Waals surface area (Å²) in [5.74, 6) is 0. The van der Waals surface area contributed by atoms with Crippen molar-refractivity contribution in [2.24, 2.45) is 0 Å². The highest BCUT2D eigenvalue weighted by atomic mass is 32.2. The fourth-order valence-corrected chi connectivity index (χ4v) is 3.19. The summed E-state index contributed by atoms with van der Waals surface area (Å²) in [6.07, 6.45) is 4.21. The first-order valence-corrected chi connectivity index (χ1v) is 6.43. The first-order chi connectivity index (χ1) is 6.59. The highest BCUT2D eigenvalue weighted by Gasteiger charge is 2.25. The molecular weight excluding hydrogens is 216 g/mol. The van der Waals surface area contributed by atoms with Crippen LogP contribution in [0.25, 0.3) is 0 Å². The number of hydrogen-bond acceptors (Lipinski definition) is 4. The molecule has 2 atom stereocenters. The molecule has 0 aromatic carbocycles. The van der Waals surface area contributed by atoms with Gasteiger partial charge in [-0.15, -0.1) is 0 Å². The first-order valence-electron chi connectivity index (χ1n) is 5.15. The van der Waals surface area contributed by atoms with Crippen LogP contribution in [0.4, 0.5) is 0 Å². The van der Waals surface area contributed by atoms with Gasteiger partial charge in [0.15, 0.2) is 0 Å². The average Bonchev–Trinajstić information content (AvgIpc) is 2.07. The molecule has 0 spiro atoms. The second kappa shape index (κ2) is 5.93. The smallest absolute Gasteiger partial charge is 0.220 e. The van der Waals surface area contributed by atoms with E-state index in [1.165, 1.54) is 18.2 Å². The van der Waals surface area contributed by atoms with Crippen molar-refractivity contribution in [1.29, 1.82) is 0 Å². The Bertz CT molecular complexity index is 195. The fourth-order valence-electron chi connectivity index (χ4n) is 1.56. The number of thioether (sulfide) groups is 1. The standard InChI is InChI=1S/C10H18O2S2/c1-7(2)12-10(13)14-9-6-4-3-5-8(9)11/h7-9,11H,3-6H2,1-2H3/t8-,9+/m1/s1. The highest BCUT2D eigenvalue weighted by Crippen LogP contribution is 2.30. The van der Waals surface area contributed by atoms with E-state index in [1.807, 2.05) is 13.8 Å². The van der Waals surface area contributed by atoms with E-state index in [4.69, 9.17) is 17.0 Å². The summed E-state index contributed by atoms with van der Waals surface area (Å²) in [6, 6.07) is 0. The third kappa shape index (κ3) is 4.15. The molecule has 4 heteroatoms. The molecule has 0 aromatic rings. The van der Waals surface area contributed by atoms with Crippen LogP contribution in [0.3, 0.4) is 0 Å². The molecule has 0 heterocycles. The monoisotopic (exact) mass is 234 g/mol. The predicted molar refractivity (Wildman–Crippen MR) is 64.7 cm³/mol. The predicted octanol–water partition coefficient (Wildman–Crippen LogP) is 2.73. The molecule has 1 rings (SSSR count). The summed E-state index contributed by atoms with van der Waals surface area (Å²) < 4.78 is 5.96. The number of aliphatic hydroxyl groups excluding tert-OH is 1. The lowest BCUT2D eigenvalue weighted by molar-refractivity contribution is 0.137. The van der Waals surface area contributed by atoms with E-state index in [0.29, 0.717) is 4.38 Å². The maximum atomic E-state index is 9.72. The van der Waals surface area contributed by atoms with Crippen LogP contribution in [0, 0.1) is 0 Å². The molecule has 2 nitrogen and oxygen atoms in total. The Labute approximate surface area is 95.4 Å². The molecule has 0 amide bonds. The van der Waals surface area contributed by atoms with Crippen LogP contribution in [-0.2, 0) is 4.74 Å². The van der Waals surface area contributed by atoms with Crippen LogP contribution in [0.2, 0.25) is 0 Å². The van der Waals surface area contributed by atoms with Crippen molar-refractivity contribution >= 4 is 28.4 Å². The lowest BCUT2D eigenvalue weighted by atomic mass is 9.97. The second-order valence-electron chi connectivity index (χ2n) is 3.92. The Balaban J connectivity index is 2.31. The number of ether oxygens (including phenoxy) is 1. The molecule has 0 bridgehead atoms. The van der Waals surface area contributed by atoms with E-state index in [9.17, 15) is 5.11 Å². The molecule has 0 aliphatic heterocycles. The zero-order valence-corrected chi connectivity index (χ0v) is 10.4. The zero-order chi connectivity index (χ0) is 10.6. The van der Waals surface area contributed by atoms with Crippen LogP contribution in [0.15, 0.2) is 0 Å². The van der Waals surface area contributed by atoms with Crippen molar-refractivity contribution in [3.05, 3.63) is 0 Å². The van der Waals surface area contributed by atoms with Gasteiger partial charge in [0.05, 0.1) is 12.2 Å². The minimum absolute atomic E-state index is 0.135. The van der Waals surface area contributed by atoms with Gasteiger partial charge in [-0.2, -0.15) is 0 Å². The molecule has 1 aliphatic carbocycles. The van der Waals surface area contributed by atoms with Crippen LogP contribution >= 0.6 is 24.0 Å². The van der Waals surface area contributed by atoms with E-state index < -0.39 is 0 Å². The van der Waals surface area contributed by atoms with Gasteiger partial charge in [-0.25, -0.2) is 0 Å². The Morgan fingerprint density at radius 2 is 2.07 bits per heavy atom. The maximum Gasteiger partial charge on any atom is 0.220 e. The van der Waals surface area contributed by atoms with Gasteiger partial charge in [-0.1, -0.05) is 24.6 Å². The fraction of sp³-hybridized carbons (Fsp3) is 0.900. The van der Waals surface area contributed by atoms with Gasteiger partial charge in [0, 0.05) is 5.25 Å². The van der Waals surface area contributed by atoms with Crippen molar-refractivity contribution in [2.45, 2.75) is 57.0 Å². The Morgan fingerprint density at radius 1 is 1.43 bits per heavy atom. The van der Waals surface area contributed by atoms with Crippen molar-refractivity contribution in [3.63, 3.8) is 0 Å². The van der Waals surface area contributed by atoms with Gasteiger partial charge >= 0.3 is 0 Å². The number of aliphatic hydroxyl groups is 1. The quantitative estimate of drug-likeness (QED) is 0.744. The summed E-state index contributed by atoms with van der Waals surface area (Å²) in [5.41, 5.74) is 0. The second-order valence-corrected chi connectivity index (χ2v) is 5.77. The molecule has 1 fully saturated rings. The topological polar surface area (TPSA) is 29.5 Å². The summed E-state index contributed by atoms with van der Waals surface area (Å²) in [7, 11) is 0. The molecule has 0 radical (unpaired) electrons. The largest absolute Gasteiger partial charge is 0.476 e. The highest BCUT2D eigenvalue weighted by molar-refractivity contribution is 8.23. The summed E-state index contributed by atoms with van der Waals surface area (Å²) in [5, 5.41) is 9.96. The van der Waals surface area contributed by atoms with Crippen molar-refractivity contribution in [1.82, 2.24) is 0 Å². The molecule has 1 saturated carbocycles. The van der Waals surface area contributed by atoms with Crippen LogP contribution in [-0.4, -0.2) is 26.9 Å². The van der Waals surface area contributed by atoms with Crippen molar-refractivity contribution in [2.75, 3.05) is 0 Å². The number of thiocarbonyl (C=S) groups is 1. The maximum absolute atomic E-state index is 9.72. The van der Waals surface area contributed by atoms with Gasteiger partial charge in [0.25, 0.3) is 0 Å². The Kier molecular flexibility index (Phi) is 5.20. The van der Waals surface area contributed by atoms with Crippen LogP contribution in [0.1, 0.15) is 39.5 Å². The third-order valence-corrected chi connectivity index (χ3v) is 3.77. The van der Waals surface area contributed by atoms with Gasteiger partial charge in [-0.05, 0) is 38.9 Å². The lowest BCUT2D eigenvalue weighted by Crippen LogP contribution is -2.28. The number of rotatable bonds is 2. The SMILES string of the molecule is CC(C)OC(=S)S[C@H]1CCCC[C@H]1O. The van der Waals surface area contributed by atoms with Crippen LogP contribution in [0.5, 0.6) is 0 Å². The molecular formula is C10H18O2S2. The molecule has 1 N–H and O–H groups in total. The number of hydrogen-bond donors (Lipinski definition) is 1. The zero-order valence-electron chi connectivity index (χ0n) is 8.73. The Hall–Kier alpha value is 0.200. The lowest BCUT2D eigenvalue weighted by Gasteiger charge is -2.27. The molecule has 14 heavy (non-hydrogen) atoms. The minimum Gasteiger partial charge on any atom is -0.476 e. The van der Waals surface area contributed by atoms with E-state index in [0.717, 1.165) is 19.3 Å². The average molecular weight is 234 g/mol. The third-order valence-electron chi connectivity index (χ3n) is 2.25. The normalized spacial score (nSPS) is 27.7. The molecule has 82 valence electrons. The summed E-state index contributed by atoms with van der Waals surface area (Å²) in [4.78, 5) is 0. The molecule has 0 aromatic heterocycles. The van der Waals surface area contributed by atoms with Gasteiger partial charge in [0.1, 0.15) is 0 Å². The van der Waals surface area contributed by atoms with E-state index in [2.05, 4.69) is 0 Å². The van der Waals surface area contributed by atoms with Crippen molar-refractivity contribution in [3.8, 4) is 0 Å². The molecule has 1 aliphatic rings. The van der Waals surface area contributed by atoms with Gasteiger partial charge < -0.3 is 9.84 Å². The minimum atomic E-state index is -0.206. The van der Waals surface area contributed by atoms with Gasteiger partial charge in [0.2, 0.25) is 4.38 Å². The first kappa shape index (κ1) is 12.3. The van der Waals surface area contributed by atoms with E-state index in [1.54, 1.807) is 0 Å². The summed E-state index contributed by atoms with van der Waals surface area (Å²) >= 11 is 6.61. The van der Waals surface area contributed by atoms with Crippen LogP contribution < -0.4 is 0 Å². The molecule has 0 unspecified atom stereocenters. The van der Waals surface area contributed by atoms with E-state index in [-0.39, 0.29) is 17.5 Å².